The molecule has 3 saturated heterocycles. The zero-order valence-corrected chi connectivity index (χ0v) is 19.8. The molecule has 1 aliphatic carbocycles. The number of hydrogen-bond donors (Lipinski definition) is 2. The molecule has 2 aromatic rings. The van der Waals surface area contributed by atoms with Crippen LogP contribution in [0.5, 0.6) is 5.75 Å². The van der Waals surface area contributed by atoms with Gasteiger partial charge in [-0.15, -0.1) is 5.10 Å². The molecule has 6 rings (SSSR count). The summed E-state index contributed by atoms with van der Waals surface area (Å²) < 4.78 is 7.48. The summed E-state index contributed by atoms with van der Waals surface area (Å²) in [4.78, 5) is 14.6. The van der Waals surface area contributed by atoms with E-state index in [9.17, 15) is 4.79 Å². The van der Waals surface area contributed by atoms with Crippen molar-refractivity contribution in [2.45, 2.75) is 70.5 Å². The number of amides is 1. The summed E-state index contributed by atoms with van der Waals surface area (Å²) in [5, 5.41) is 12.1. The Morgan fingerprint density at radius 1 is 1.21 bits per heavy atom. The molecule has 1 unspecified atom stereocenters. The lowest BCUT2D eigenvalue weighted by atomic mass is 9.75. The predicted molar refractivity (Wildman–Crippen MR) is 126 cm³/mol. The molecule has 1 aromatic heterocycles. The first-order valence-corrected chi connectivity index (χ1v) is 12.8. The fraction of sp³-hybridized carbons (Fsp3) is 0.654. The highest BCUT2D eigenvalue weighted by molar-refractivity contribution is 5.79. The molecule has 7 nitrogen and oxygen atoms in total. The number of benzene rings is 1. The van der Waals surface area contributed by atoms with E-state index in [2.05, 4.69) is 26.5 Å². The van der Waals surface area contributed by atoms with Crippen molar-refractivity contribution in [1.82, 2.24) is 20.3 Å². The van der Waals surface area contributed by atoms with Crippen LogP contribution in [0.3, 0.4) is 0 Å². The Morgan fingerprint density at radius 2 is 2.06 bits per heavy atom. The van der Waals surface area contributed by atoms with Crippen LogP contribution in [0.25, 0.3) is 0 Å². The van der Waals surface area contributed by atoms with E-state index >= 15 is 0 Å². The third-order valence-corrected chi connectivity index (χ3v) is 8.25. The number of carbonyl (C=O) groups excluding carboxylic acids is 1. The van der Waals surface area contributed by atoms with Crippen LogP contribution in [0, 0.1) is 17.8 Å². The molecule has 0 spiro atoms. The first kappa shape index (κ1) is 22.4. The number of hydrogen-bond acceptors (Lipinski definition) is 4. The number of fused-ring (bicyclic) bond motifs is 3. The summed E-state index contributed by atoms with van der Waals surface area (Å²) in [6.45, 7) is 3.53. The number of nitrogens with zero attached hydrogens (tertiary/aromatic N) is 3. The van der Waals surface area contributed by atoms with Crippen LogP contribution in [-0.2, 0) is 24.3 Å². The van der Waals surface area contributed by atoms with Crippen LogP contribution < -0.4 is 15.0 Å². The van der Waals surface area contributed by atoms with Gasteiger partial charge in [-0.1, -0.05) is 55.5 Å². The van der Waals surface area contributed by atoms with Gasteiger partial charge in [0, 0.05) is 31.1 Å². The van der Waals surface area contributed by atoms with Crippen molar-refractivity contribution in [1.29, 1.82) is 0 Å². The number of para-hydroxylation sites is 1. The molecular formula is C26H38N5O2+. The van der Waals surface area contributed by atoms with Crippen molar-refractivity contribution < 1.29 is 14.4 Å². The monoisotopic (exact) mass is 452 g/mol. The topological polar surface area (TPSA) is 73.5 Å². The molecule has 1 saturated carbocycles. The summed E-state index contributed by atoms with van der Waals surface area (Å²) in [6, 6.07) is 8.42. The maximum Gasteiger partial charge on any atom is 0.229 e. The number of aromatic nitrogens is 3. The third kappa shape index (κ3) is 5.24. The van der Waals surface area contributed by atoms with Gasteiger partial charge in [0.25, 0.3) is 0 Å². The lowest BCUT2D eigenvalue weighted by Crippen LogP contribution is -3.20. The van der Waals surface area contributed by atoms with Crippen LogP contribution in [0.2, 0.25) is 0 Å². The first-order valence-electron chi connectivity index (χ1n) is 12.8. The van der Waals surface area contributed by atoms with E-state index in [1.165, 1.54) is 32.1 Å². The van der Waals surface area contributed by atoms with Gasteiger partial charge in [-0.3, -0.25) is 4.79 Å². The molecule has 178 valence electrons. The second-order valence-corrected chi connectivity index (χ2v) is 10.4. The highest BCUT2D eigenvalue weighted by atomic mass is 16.5. The number of quaternary nitrogens is 1. The van der Waals surface area contributed by atoms with E-state index in [1.807, 2.05) is 24.3 Å². The molecule has 0 radical (unpaired) electrons. The molecule has 4 heterocycles. The third-order valence-electron chi connectivity index (χ3n) is 8.25. The average molecular weight is 453 g/mol. The Hall–Kier alpha value is -2.41. The molecular weight excluding hydrogens is 414 g/mol. The van der Waals surface area contributed by atoms with Crippen molar-refractivity contribution in [3.63, 3.8) is 0 Å². The molecule has 33 heavy (non-hydrogen) atoms. The molecule has 3 aliphatic heterocycles. The standard InChI is InChI=1S/C26H37N5O2/c1-33-25-10-6-5-9-21(25)15-27-26(32)24-18-30-12-11-20(24)14-23(30)17-31-16-22(28-29-31)13-19-7-3-2-4-8-19/h5-6,9-10,16,19-20,23-24H,2-4,7-8,11-15,17-18H2,1H3,(H,27,32)/p+1/t20-,23-,24+/m1/s1. The fourth-order valence-electron chi connectivity index (χ4n) is 6.42. The van der Waals surface area contributed by atoms with E-state index in [0.29, 0.717) is 18.5 Å². The largest absolute Gasteiger partial charge is 0.496 e. The summed E-state index contributed by atoms with van der Waals surface area (Å²) in [7, 11) is 1.67. The van der Waals surface area contributed by atoms with E-state index in [0.717, 1.165) is 61.8 Å². The van der Waals surface area contributed by atoms with E-state index in [1.54, 1.807) is 12.0 Å². The van der Waals surface area contributed by atoms with Gasteiger partial charge >= 0.3 is 0 Å². The maximum absolute atomic E-state index is 13.0. The van der Waals surface area contributed by atoms with Crippen molar-refractivity contribution in [2.24, 2.45) is 17.8 Å². The second-order valence-electron chi connectivity index (χ2n) is 10.4. The van der Waals surface area contributed by atoms with E-state index in [-0.39, 0.29) is 11.8 Å². The Bertz CT molecular complexity index is 938. The van der Waals surface area contributed by atoms with Crippen LogP contribution in [0.4, 0.5) is 0 Å². The normalized spacial score (nSPS) is 27.4. The van der Waals surface area contributed by atoms with Crippen LogP contribution in [-0.4, -0.2) is 47.1 Å². The number of piperidine rings is 3. The SMILES string of the molecule is COc1ccccc1CNC(=O)[C@H]1C[NH+]2CC[C@@H]1C[C@@H]2Cn1cc(CC2CCCCC2)nn1. The van der Waals surface area contributed by atoms with Gasteiger partial charge in [-0.25, -0.2) is 4.68 Å². The minimum absolute atomic E-state index is 0.109. The summed E-state index contributed by atoms with van der Waals surface area (Å²) in [5.74, 6) is 2.39. The van der Waals surface area contributed by atoms with Gasteiger partial charge in [-0.2, -0.15) is 0 Å². The molecule has 1 amide bonds. The van der Waals surface area contributed by atoms with Crippen LogP contribution in [0.15, 0.2) is 30.5 Å². The van der Waals surface area contributed by atoms with Gasteiger partial charge in [0.2, 0.25) is 5.91 Å². The summed E-state index contributed by atoms with van der Waals surface area (Å²) in [6.07, 6.45) is 12.3. The Kier molecular flexibility index (Phi) is 6.95. The minimum Gasteiger partial charge on any atom is -0.496 e. The summed E-state index contributed by atoms with van der Waals surface area (Å²) >= 11 is 0. The highest BCUT2D eigenvalue weighted by Crippen LogP contribution is 2.29. The number of ether oxygens (including phenoxy) is 1. The second kappa shape index (κ2) is 10.2. The van der Waals surface area contributed by atoms with Gasteiger partial charge in [0.15, 0.2) is 0 Å². The quantitative estimate of drug-likeness (QED) is 0.643. The lowest BCUT2D eigenvalue weighted by molar-refractivity contribution is -0.945. The van der Waals surface area contributed by atoms with Gasteiger partial charge < -0.3 is 15.0 Å². The van der Waals surface area contributed by atoms with Crippen LogP contribution in [0.1, 0.15) is 56.2 Å². The fourth-order valence-corrected chi connectivity index (χ4v) is 6.42. The minimum atomic E-state index is 0.109. The molecule has 4 atom stereocenters. The van der Waals surface area contributed by atoms with Crippen molar-refractivity contribution in [3.8, 4) is 5.75 Å². The number of methoxy groups -OCH3 is 1. The number of nitrogens with one attached hydrogen (secondary N) is 2. The van der Waals surface area contributed by atoms with Crippen LogP contribution >= 0.6 is 0 Å². The maximum atomic E-state index is 13.0. The zero-order chi connectivity index (χ0) is 22.6. The van der Waals surface area contributed by atoms with Gasteiger partial charge in [0.05, 0.1) is 38.4 Å². The molecule has 7 heteroatoms. The van der Waals surface area contributed by atoms with Crippen molar-refractivity contribution >= 4 is 5.91 Å². The predicted octanol–water partition coefficient (Wildman–Crippen LogP) is 2.02. The Labute approximate surface area is 196 Å². The number of rotatable bonds is 8. The van der Waals surface area contributed by atoms with Crippen molar-refractivity contribution in [3.05, 3.63) is 41.7 Å². The molecule has 2 bridgehead atoms. The Morgan fingerprint density at radius 3 is 2.85 bits per heavy atom. The number of carbonyl (C=O) groups is 1. The molecule has 4 aliphatic rings. The van der Waals surface area contributed by atoms with Gasteiger partial charge in [-0.05, 0) is 24.3 Å². The lowest BCUT2D eigenvalue weighted by Gasteiger charge is -2.46. The molecule has 1 aromatic carbocycles. The molecule has 4 fully saturated rings. The Balaban J connectivity index is 1.13. The van der Waals surface area contributed by atoms with E-state index < -0.39 is 0 Å². The smallest absolute Gasteiger partial charge is 0.229 e. The van der Waals surface area contributed by atoms with Crippen molar-refractivity contribution in [2.75, 3.05) is 20.2 Å². The zero-order valence-electron chi connectivity index (χ0n) is 19.8. The average Bonchev–Trinajstić information content (AvgIpc) is 3.30. The molecule has 2 N–H and O–H groups in total. The highest BCUT2D eigenvalue weighted by Gasteiger charge is 2.46. The first-order chi connectivity index (χ1) is 16.2. The van der Waals surface area contributed by atoms with E-state index in [4.69, 9.17) is 4.74 Å². The summed E-state index contributed by atoms with van der Waals surface area (Å²) in [5.41, 5.74) is 2.18. The van der Waals surface area contributed by atoms with Gasteiger partial charge in [0.1, 0.15) is 11.8 Å².